The van der Waals surface area contributed by atoms with E-state index < -0.39 is 6.29 Å². The monoisotopic (exact) mass is 145 g/mol. The lowest BCUT2D eigenvalue weighted by atomic mass is 10.0. The predicted molar refractivity (Wildman–Crippen MR) is 38.5 cm³/mol. The van der Waals surface area contributed by atoms with Crippen LogP contribution in [0.1, 0.15) is 19.3 Å². The molecule has 1 saturated heterocycles. The highest BCUT2D eigenvalue weighted by atomic mass is 16.5. The quantitative estimate of drug-likeness (QED) is 0.501. The van der Waals surface area contributed by atoms with Crippen LogP contribution in [-0.4, -0.2) is 41.0 Å². The summed E-state index contributed by atoms with van der Waals surface area (Å²) >= 11 is 0. The summed E-state index contributed by atoms with van der Waals surface area (Å²) in [6.45, 7) is 0.988. The van der Waals surface area contributed by atoms with Gasteiger partial charge in [-0.3, -0.25) is 4.90 Å². The van der Waals surface area contributed by atoms with Crippen molar-refractivity contribution in [2.75, 3.05) is 13.6 Å². The maximum absolute atomic E-state index is 8.86. The van der Waals surface area contributed by atoms with Crippen LogP contribution in [0.2, 0.25) is 0 Å². The lowest BCUT2D eigenvalue weighted by Crippen LogP contribution is -2.44. The van der Waals surface area contributed by atoms with Crippen LogP contribution >= 0.6 is 0 Å². The summed E-state index contributed by atoms with van der Waals surface area (Å²) < 4.78 is 0. The molecule has 1 aliphatic heterocycles. The highest BCUT2D eigenvalue weighted by Gasteiger charge is 2.23. The zero-order valence-corrected chi connectivity index (χ0v) is 6.32. The molecule has 0 aromatic carbocycles. The van der Waals surface area contributed by atoms with Crippen molar-refractivity contribution in [3.05, 3.63) is 0 Å². The standard InChI is InChI=1S/C7H15NO2/c1-8-5-3-2-4-6(8)7(9)10/h6-7,9-10H,2-5H2,1H3. The lowest BCUT2D eigenvalue weighted by molar-refractivity contribution is -0.104. The Labute approximate surface area is 61.3 Å². The Morgan fingerprint density at radius 1 is 1.40 bits per heavy atom. The van der Waals surface area contributed by atoms with Crippen LogP contribution in [-0.2, 0) is 0 Å². The number of likely N-dealkylation sites (tertiary alicyclic amines) is 1. The van der Waals surface area contributed by atoms with Gasteiger partial charge in [0.05, 0.1) is 6.04 Å². The van der Waals surface area contributed by atoms with E-state index in [0.29, 0.717) is 0 Å². The molecule has 3 heteroatoms. The summed E-state index contributed by atoms with van der Waals surface area (Å²) in [5, 5.41) is 17.7. The Hall–Kier alpha value is -0.120. The van der Waals surface area contributed by atoms with Crippen LogP contribution in [0.15, 0.2) is 0 Å². The molecule has 1 fully saturated rings. The van der Waals surface area contributed by atoms with E-state index >= 15 is 0 Å². The van der Waals surface area contributed by atoms with Crippen molar-refractivity contribution in [2.24, 2.45) is 0 Å². The van der Waals surface area contributed by atoms with Crippen LogP contribution in [0.4, 0.5) is 0 Å². The van der Waals surface area contributed by atoms with Gasteiger partial charge in [0.25, 0.3) is 0 Å². The van der Waals surface area contributed by atoms with Crippen molar-refractivity contribution in [1.29, 1.82) is 0 Å². The van der Waals surface area contributed by atoms with Crippen LogP contribution in [0, 0.1) is 0 Å². The number of rotatable bonds is 1. The van der Waals surface area contributed by atoms with E-state index in [-0.39, 0.29) is 6.04 Å². The van der Waals surface area contributed by atoms with Gasteiger partial charge >= 0.3 is 0 Å². The third-order valence-electron chi connectivity index (χ3n) is 2.17. The van der Waals surface area contributed by atoms with E-state index in [0.717, 1.165) is 19.4 Å². The smallest absolute Gasteiger partial charge is 0.167 e. The van der Waals surface area contributed by atoms with Gasteiger partial charge in [-0.15, -0.1) is 0 Å². The Morgan fingerprint density at radius 3 is 2.50 bits per heavy atom. The highest BCUT2D eigenvalue weighted by Crippen LogP contribution is 2.16. The number of piperidine rings is 1. The minimum atomic E-state index is -1.16. The van der Waals surface area contributed by atoms with Crippen LogP contribution < -0.4 is 0 Å². The zero-order valence-electron chi connectivity index (χ0n) is 6.32. The molecule has 0 aromatic rings. The van der Waals surface area contributed by atoms with Gasteiger partial charge in [-0.05, 0) is 26.4 Å². The summed E-state index contributed by atoms with van der Waals surface area (Å²) in [6, 6.07) is -0.0336. The Balaban J connectivity index is 2.40. The van der Waals surface area contributed by atoms with Gasteiger partial charge in [-0.2, -0.15) is 0 Å². The first-order chi connectivity index (χ1) is 4.72. The molecule has 1 rings (SSSR count). The van der Waals surface area contributed by atoms with E-state index in [9.17, 15) is 0 Å². The number of aliphatic hydroxyl groups is 2. The first-order valence-corrected chi connectivity index (χ1v) is 3.78. The number of nitrogens with zero attached hydrogens (tertiary/aromatic N) is 1. The molecule has 3 nitrogen and oxygen atoms in total. The van der Waals surface area contributed by atoms with Crippen LogP contribution in [0.5, 0.6) is 0 Å². The predicted octanol–water partition coefficient (Wildman–Crippen LogP) is -0.219. The van der Waals surface area contributed by atoms with Crippen molar-refractivity contribution in [3.8, 4) is 0 Å². The second-order valence-corrected chi connectivity index (χ2v) is 2.96. The molecule has 1 atom stereocenters. The van der Waals surface area contributed by atoms with Crippen molar-refractivity contribution in [1.82, 2.24) is 4.90 Å². The molecule has 10 heavy (non-hydrogen) atoms. The minimum Gasteiger partial charge on any atom is -0.367 e. The molecule has 1 heterocycles. The van der Waals surface area contributed by atoms with Crippen molar-refractivity contribution in [2.45, 2.75) is 31.6 Å². The molecule has 0 aliphatic carbocycles. The van der Waals surface area contributed by atoms with E-state index in [2.05, 4.69) is 0 Å². The second-order valence-electron chi connectivity index (χ2n) is 2.96. The highest BCUT2D eigenvalue weighted by molar-refractivity contribution is 4.75. The molecule has 0 radical (unpaired) electrons. The molecular formula is C7H15NO2. The number of aliphatic hydroxyl groups excluding tert-OH is 1. The average molecular weight is 145 g/mol. The van der Waals surface area contributed by atoms with Gasteiger partial charge in [-0.25, -0.2) is 0 Å². The molecule has 0 saturated carbocycles. The fraction of sp³-hybridized carbons (Fsp3) is 1.00. The van der Waals surface area contributed by atoms with E-state index in [1.54, 1.807) is 0 Å². The molecule has 1 unspecified atom stereocenters. The van der Waals surface area contributed by atoms with Gasteiger partial charge < -0.3 is 10.2 Å². The number of hydrogen-bond donors (Lipinski definition) is 2. The Morgan fingerprint density at radius 2 is 2.10 bits per heavy atom. The van der Waals surface area contributed by atoms with Crippen molar-refractivity contribution >= 4 is 0 Å². The molecule has 0 bridgehead atoms. The Bertz CT molecular complexity index is 106. The summed E-state index contributed by atoms with van der Waals surface area (Å²) in [4.78, 5) is 2.01. The summed E-state index contributed by atoms with van der Waals surface area (Å²) in [7, 11) is 1.93. The number of hydrogen-bond acceptors (Lipinski definition) is 3. The third-order valence-corrected chi connectivity index (χ3v) is 2.17. The summed E-state index contributed by atoms with van der Waals surface area (Å²) in [6.07, 6.45) is 2.05. The Kier molecular flexibility index (Phi) is 2.65. The zero-order chi connectivity index (χ0) is 7.56. The fourth-order valence-electron chi connectivity index (χ4n) is 1.48. The van der Waals surface area contributed by atoms with Gasteiger partial charge in [0.1, 0.15) is 0 Å². The van der Waals surface area contributed by atoms with Gasteiger partial charge in [0, 0.05) is 0 Å². The van der Waals surface area contributed by atoms with E-state index in [4.69, 9.17) is 10.2 Å². The maximum atomic E-state index is 8.86. The normalized spacial score (nSPS) is 29.4. The molecule has 2 N–H and O–H groups in total. The maximum Gasteiger partial charge on any atom is 0.167 e. The van der Waals surface area contributed by atoms with Crippen LogP contribution in [0.25, 0.3) is 0 Å². The number of likely N-dealkylation sites (N-methyl/N-ethyl adjacent to an activating group) is 1. The van der Waals surface area contributed by atoms with Gasteiger partial charge in [-0.1, -0.05) is 6.42 Å². The summed E-state index contributed by atoms with van der Waals surface area (Å²) in [5.74, 6) is 0. The van der Waals surface area contributed by atoms with Crippen LogP contribution in [0.3, 0.4) is 0 Å². The molecule has 1 aliphatic rings. The van der Waals surface area contributed by atoms with Crippen molar-refractivity contribution < 1.29 is 10.2 Å². The van der Waals surface area contributed by atoms with E-state index in [1.165, 1.54) is 6.42 Å². The summed E-state index contributed by atoms with van der Waals surface area (Å²) in [5.41, 5.74) is 0. The molecular weight excluding hydrogens is 130 g/mol. The molecule has 0 aromatic heterocycles. The SMILES string of the molecule is CN1CCCCC1C(O)O. The first kappa shape index (κ1) is 7.98. The van der Waals surface area contributed by atoms with Gasteiger partial charge in [0.2, 0.25) is 0 Å². The molecule has 60 valence electrons. The lowest BCUT2D eigenvalue weighted by Gasteiger charge is -2.33. The fourth-order valence-corrected chi connectivity index (χ4v) is 1.48. The first-order valence-electron chi connectivity index (χ1n) is 3.78. The largest absolute Gasteiger partial charge is 0.367 e. The molecule has 0 amide bonds. The van der Waals surface area contributed by atoms with E-state index in [1.807, 2.05) is 11.9 Å². The third kappa shape index (κ3) is 1.68. The topological polar surface area (TPSA) is 43.7 Å². The second kappa shape index (κ2) is 3.32. The molecule has 0 spiro atoms. The van der Waals surface area contributed by atoms with Crippen molar-refractivity contribution in [3.63, 3.8) is 0 Å². The average Bonchev–Trinajstić information content (AvgIpc) is 1.88. The van der Waals surface area contributed by atoms with Gasteiger partial charge in [0.15, 0.2) is 6.29 Å². The minimum absolute atomic E-state index is 0.0336.